The SMILES string of the molecule is C#C[C@]1(COP(=O)(N[C@@H](C)C(=O)OC2CCCCC2)Oc2ccccc2)O[C@@H](n2cnc3c(N)nc(F)nc32)C[C@@H]1O. The van der Waals surface area contributed by atoms with Crippen molar-refractivity contribution in [3.63, 3.8) is 0 Å². The van der Waals surface area contributed by atoms with Gasteiger partial charge in [-0.05, 0) is 44.7 Å². The van der Waals surface area contributed by atoms with Crippen LogP contribution in [0.5, 0.6) is 5.75 Å². The maximum Gasteiger partial charge on any atom is 0.459 e. The van der Waals surface area contributed by atoms with Crippen molar-refractivity contribution in [2.75, 3.05) is 12.3 Å². The Labute approximate surface area is 241 Å². The number of nitrogens with zero attached hydrogens (tertiary/aromatic N) is 4. The largest absolute Gasteiger partial charge is 0.461 e. The molecule has 5 atom stereocenters. The number of aromatic nitrogens is 4. The van der Waals surface area contributed by atoms with Gasteiger partial charge in [-0.1, -0.05) is 30.5 Å². The molecule has 224 valence electrons. The molecule has 2 aliphatic rings. The maximum atomic E-state index is 14.0. The van der Waals surface area contributed by atoms with Crippen LogP contribution in [0.25, 0.3) is 11.2 Å². The van der Waals surface area contributed by atoms with Crippen LogP contribution in [-0.2, 0) is 23.4 Å². The summed E-state index contributed by atoms with van der Waals surface area (Å²) in [5.74, 6) is 1.83. The lowest BCUT2D eigenvalue weighted by Crippen LogP contribution is -2.44. The summed E-state index contributed by atoms with van der Waals surface area (Å²) in [5.41, 5.74) is 4.13. The van der Waals surface area contributed by atoms with E-state index in [1.807, 2.05) is 0 Å². The number of benzene rings is 1. The van der Waals surface area contributed by atoms with E-state index >= 15 is 0 Å². The predicted octanol–water partition coefficient (Wildman–Crippen LogP) is 3.26. The number of esters is 1. The van der Waals surface area contributed by atoms with Crippen molar-refractivity contribution in [3.05, 3.63) is 42.7 Å². The number of rotatable bonds is 10. The standard InChI is InChI=1S/C27H32FN6O7P/c1-3-27(20(35)14-21(40-27)34-16-30-22-23(29)31-26(28)32-24(22)34)15-38-42(37,41-19-12-8-5-9-13-19)33-17(2)25(36)39-18-10-6-4-7-11-18/h1,5,8-9,12-13,16-18,20-21,35H,4,6-7,10-11,14-15H2,2H3,(H,33,37)(H2,29,31,32)/t17-,20-,21+,27+,42?/m0/s1. The quantitative estimate of drug-likeness (QED) is 0.134. The minimum atomic E-state index is -4.31. The van der Waals surface area contributed by atoms with E-state index in [4.69, 9.17) is 30.7 Å². The van der Waals surface area contributed by atoms with Gasteiger partial charge < -0.3 is 24.8 Å². The minimum Gasteiger partial charge on any atom is -0.461 e. The number of imidazole rings is 1. The van der Waals surface area contributed by atoms with Crippen LogP contribution in [0.1, 0.15) is 51.7 Å². The molecule has 0 spiro atoms. The van der Waals surface area contributed by atoms with E-state index in [1.54, 1.807) is 30.3 Å². The molecule has 1 unspecified atom stereocenters. The first kappa shape index (κ1) is 29.9. The van der Waals surface area contributed by atoms with E-state index in [-0.39, 0.29) is 35.3 Å². The molecule has 13 nitrogen and oxygen atoms in total. The summed E-state index contributed by atoms with van der Waals surface area (Å²) in [4.78, 5) is 24.1. The number of terminal acetylenes is 1. The summed E-state index contributed by atoms with van der Waals surface area (Å²) in [6.07, 6.45) is 8.09. The van der Waals surface area contributed by atoms with Gasteiger partial charge in [-0.15, -0.1) is 6.42 Å². The topological polar surface area (TPSA) is 173 Å². The third kappa shape index (κ3) is 6.40. The number of para-hydroxylation sites is 1. The number of fused-ring (bicyclic) bond motifs is 1. The van der Waals surface area contributed by atoms with Gasteiger partial charge >= 0.3 is 19.8 Å². The highest BCUT2D eigenvalue weighted by Gasteiger charge is 2.50. The zero-order chi connectivity index (χ0) is 29.9. The molecular formula is C27H32FN6O7P. The molecule has 15 heteroatoms. The predicted molar refractivity (Wildman–Crippen MR) is 148 cm³/mol. The number of carbonyl (C=O) groups is 1. The Bertz CT molecular complexity index is 1510. The van der Waals surface area contributed by atoms with E-state index < -0.39 is 50.4 Å². The van der Waals surface area contributed by atoms with Crippen molar-refractivity contribution < 1.29 is 37.4 Å². The summed E-state index contributed by atoms with van der Waals surface area (Å²) < 4.78 is 52.3. The normalized spacial score (nSPS) is 25.0. The van der Waals surface area contributed by atoms with Gasteiger partial charge in [-0.3, -0.25) is 13.9 Å². The number of hydrogen-bond acceptors (Lipinski definition) is 11. The average molecular weight is 603 g/mol. The lowest BCUT2D eigenvalue weighted by atomic mass is 9.98. The van der Waals surface area contributed by atoms with Crippen LogP contribution in [0.15, 0.2) is 36.7 Å². The van der Waals surface area contributed by atoms with Crippen molar-refractivity contribution in [1.82, 2.24) is 24.6 Å². The molecule has 2 fully saturated rings. The monoisotopic (exact) mass is 602 g/mol. The molecule has 1 aromatic carbocycles. The Hall–Kier alpha value is -3.60. The van der Waals surface area contributed by atoms with Crippen LogP contribution in [0.2, 0.25) is 0 Å². The van der Waals surface area contributed by atoms with Crippen LogP contribution in [-0.4, -0.2) is 61.1 Å². The first-order chi connectivity index (χ1) is 20.1. The van der Waals surface area contributed by atoms with Gasteiger partial charge in [0, 0.05) is 6.42 Å². The second kappa shape index (κ2) is 12.3. The van der Waals surface area contributed by atoms with E-state index in [9.17, 15) is 18.9 Å². The fourth-order valence-corrected chi connectivity index (χ4v) is 6.50. The van der Waals surface area contributed by atoms with Crippen molar-refractivity contribution in [1.29, 1.82) is 0 Å². The zero-order valence-corrected chi connectivity index (χ0v) is 23.8. The maximum absolute atomic E-state index is 14.0. The minimum absolute atomic E-state index is 0.0380. The Kier molecular flexibility index (Phi) is 8.77. The molecule has 42 heavy (non-hydrogen) atoms. The average Bonchev–Trinajstić information content (AvgIpc) is 3.54. The highest BCUT2D eigenvalue weighted by molar-refractivity contribution is 7.52. The van der Waals surface area contributed by atoms with Gasteiger partial charge in [0.2, 0.25) is 0 Å². The van der Waals surface area contributed by atoms with Crippen LogP contribution < -0.4 is 15.3 Å². The molecule has 4 N–H and O–H groups in total. The van der Waals surface area contributed by atoms with E-state index in [2.05, 4.69) is 26.0 Å². The zero-order valence-electron chi connectivity index (χ0n) is 22.9. The van der Waals surface area contributed by atoms with Crippen molar-refractivity contribution >= 4 is 30.7 Å². The van der Waals surface area contributed by atoms with Gasteiger partial charge in [0.15, 0.2) is 22.6 Å². The first-order valence-corrected chi connectivity index (χ1v) is 15.1. The fraction of sp³-hybridized carbons (Fsp3) is 0.481. The number of halogens is 1. The van der Waals surface area contributed by atoms with Crippen LogP contribution in [0, 0.1) is 18.4 Å². The highest BCUT2D eigenvalue weighted by atomic mass is 31.2. The number of aliphatic hydroxyl groups excluding tert-OH is 1. The summed E-state index contributed by atoms with van der Waals surface area (Å²) >= 11 is 0. The number of carbonyl (C=O) groups excluding carboxylic acids is 1. The van der Waals surface area contributed by atoms with Crippen molar-refractivity contribution in [2.24, 2.45) is 0 Å². The van der Waals surface area contributed by atoms with Crippen LogP contribution >= 0.6 is 7.75 Å². The van der Waals surface area contributed by atoms with E-state index in [0.29, 0.717) is 0 Å². The molecule has 1 aliphatic heterocycles. The lowest BCUT2D eigenvalue weighted by molar-refractivity contribution is -0.152. The smallest absolute Gasteiger partial charge is 0.459 e. The molecule has 0 amide bonds. The Balaban J connectivity index is 1.33. The Morgan fingerprint density at radius 2 is 2.07 bits per heavy atom. The Morgan fingerprint density at radius 3 is 2.79 bits per heavy atom. The number of anilines is 1. The molecule has 0 radical (unpaired) electrons. The summed E-state index contributed by atoms with van der Waals surface area (Å²) in [5, 5.41) is 13.6. The number of nitrogens with two attached hydrogens (primary N) is 1. The molecule has 3 heterocycles. The van der Waals surface area contributed by atoms with E-state index in [0.717, 1.165) is 32.1 Å². The van der Waals surface area contributed by atoms with Crippen molar-refractivity contribution in [3.8, 4) is 18.1 Å². The fourth-order valence-electron chi connectivity index (χ4n) is 4.97. The summed E-state index contributed by atoms with van der Waals surface area (Å²) in [6, 6.07) is 7.15. The second-order valence-corrected chi connectivity index (χ2v) is 12.0. The number of nitrogens with one attached hydrogen (secondary N) is 1. The molecule has 1 saturated heterocycles. The number of hydrogen-bond donors (Lipinski definition) is 3. The molecule has 1 saturated carbocycles. The first-order valence-electron chi connectivity index (χ1n) is 13.6. The second-order valence-electron chi connectivity index (χ2n) is 10.3. The number of nitrogen functional groups attached to an aromatic ring is 1. The molecule has 0 bridgehead atoms. The molecular weight excluding hydrogens is 570 g/mol. The summed E-state index contributed by atoms with van der Waals surface area (Å²) in [7, 11) is -4.31. The highest BCUT2D eigenvalue weighted by Crippen LogP contribution is 2.48. The molecule has 5 rings (SSSR count). The van der Waals surface area contributed by atoms with Gasteiger partial charge in [-0.2, -0.15) is 19.4 Å². The Morgan fingerprint density at radius 1 is 1.33 bits per heavy atom. The van der Waals surface area contributed by atoms with Crippen molar-refractivity contribution in [2.45, 2.75) is 75.5 Å². The third-order valence-corrected chi connectivity index (χ3v) is 8.87. The van der Waals surface area contributed by atoms with Gasteiger partial charge in [0.05, 0.1) is 6.33 Å². The molecule has 1 aliphatic carbocycles. The molecule has 3 aromatic rings. The lowest BCUT2D eigenvalue weighted by Gasteiger charge is -2.30. The van der Waals surface area contributed by atoms with E-state index in [1.165, 1.54) is 17.8 Å². The van der Waals surface area contributed by atoms with Gasteiger partial charge in [-0.25, -0.2) is 9.55 Å². The number of ether oxygens (including phenoxy) is 2. The van der Waals surface area contributed by atoms with Gasteiger partial charge in [0.25, 0.3) is 0 Å². The van der Waals surface area contributed by atoms with Crippen LogP contribution in [0.3, 0.4) is 0 Å². The number of aliphatic hydroxyl groups is 1. The third-order valence-electron chi connectivity index (χ3n) is 7.24. The molecule has 2 aromatic heterocycles. The van der Waals surface area contributed by atoms with Crippen LogP contribution in [0.4, 0.5) is 10.2 Å². The van der Waals surface area contributed by atoms with Gasteiger partial charge in [0.1, 0.15) is 36.8 Å². The summed E-state index contributed by atoms with van der Waals surface area (Å²) in [6.45, 7) is 0.890.